The number of hydrogen-bond acceptors (Lipinski definition) is 3. The summed E-state index contributed by atoms with van der Waals surface area (Å²) in [5.74, 6) is 1.41. The Labute approximate surface area is 117 Å². The number of nitrogens with zero attached hydrogens (tertiary/aromatic N) is 1. The maximum Gasteiger partial charge on any atom is 0.136 e. The van der Waals surface area contributed by atoms with Crippen LogP contribution >= 0.6 is 0 Å². The molecule has 3 aromatic rings. The van der Waals surface area contributed by atoms with Crippen molar-refractivity contribution in [2.24, 2.45) is 0 Å². The van der Waals surface area contributed by atoms with E-state index in [9.17, 15) is 5.11 Å². The number of pyridine rings is 1. The van der Waals surface area contributed by atoms with E-state index in [4.69, 9.17) is 4.74 Å². The van der Waals surface area contributed by atoms with E-state index in [-0.39, 0.29) is 0 Å². The number of para-hydroxylation sites is 1. The van der Waals surface area contributed by atoms with Crippen LogP contribution in [0.1, 0.15) is 18.6 Å². The Morgan fingerprint density at radius 3 is 2.60 bits per heavy atom. The molecule has 3 nitrogen and oxygen atoms in total. The number of ether oxygens (including phenoxy) is 1. The molecule has 1 N–H and O–H groups in total. The fourth-order valence-corrected chi connectivity index (χ4v) is 2.20. The van der Waals surface area contributed by atoms with Crippen molar-refractivity contribution in [3.63, 3.8) is 0 Å². The third-order valence-corrected chi connectivity index (χ3v) is 3.19. The van der Waals surface area contributed by atoms with Crippen molar-refractivity contribution in [2.45, 2.75) is 13.0 Å². The van der Waals surface area contributed by atoms with Crippen molar-refractivity contribution >= 4 is 10.9 Å². The number of aliphatic hydroxyl groups excluding tert-OH is 1. The van der Waals surface area contributed by atoms with Crippen LogP contribution in [0, 0.1) is 0 Å². The lowest BCUT2D eigenvalue weighted by Crippen LogP contribution is -1.96. The monoisotopic (exact) mass is 265 g/mol. The van der Waals surface area contributed by atoms with Crippen molar-refractivity contribution in [1.29, 1.82) is 0 Å². The zero-order chi connectivity index (χ0) is 13.9. The molecule has 1 heterocycles. The topological polar surface area (TPSA) is 42.4 Å². The second kappa shape index (κ2) is 5.31. The summed E-state index contributed by atoms with van der Waals surface area (Å²) < 4.78 is 5.98. The van der Waals surface area contributed by atoms with Gasteiger partial charge in [-0.25, -0.2) is 0 Å². The fourth-order valence-electron chi connectivity index (χ4n) is 2.20. The zero-order valence-electron chi connectivity index (χ0n) is 11.2. The van der Waals surface area contributed by atoms with Gasteiger partial charge in [0.05, 0.1) is 11.6 Å². The summed E-state index contributed by atoms with van der Waals surface area (Å²) in [6, 6.07) is 17.1. The minimum Gasteiger partial charge on any atom is -0.456 e. The van der Waals surface area contributed by atoms with Gasteiger partial charge in [-0.1, -0.05) is 24.3 Å². The summed E-state index contributed by atoms with van der Waals surface area (Å²) in [7, 11) is 0. The van der Waals surface area contributed by atoms with Crippen molar-refractivity contribution < 1.29 is 9.84 Å². The molecule has 0 unspecified atom stereocenters. The summed E-state index contributed by atoms with van der Waals surface area (Å²) in [5.41, 5.74) is 1.66. The maximum atomic E-state index is 9.80. The normalized spacial score (nSPS) is 12.3. The lowest BCUT2D eigenvalue weighted by atomic mass is 10.1. The van der Waals surface area contributed by atoms with Crippen LogP contribution in [0.5, 0.6) is 11.5 Å². The number of hydrogen-bond donors (Lipinski definition) is 1. The quantitative estimate of drug-likeness (QED) is 0.775. The highest BCUT2D eigenvalue weighted by atomic mass is 16.5. The van der Waals surface area contributed by atoms with Crippen LogP contribution < -0.4 is 4.74 Å². The molecule has 0 radical (unpaired) electrons. The van der Waals surface area contributed by atoms with E-state index in [1.54, 1.807) is 13.1 Å². The van der Waals surface area contributed by atoms with Crippen molar-refractivity contribution in [3.8, 4) is 11.5 Å². The highest BCUT2D eigenvalue weighted by Gasteiger charge is 2.10. The Balaban J connectivity index is 2.06. The second-order valence-electron chi connectivity index (χ2n) is 4.64. The standard InChI is InChI=1S/C17H15NO2/c1-12(19)13-6-2-3-9-16(13)20-17-10-4-8-15-14(17)7-5-11-18-15/h2-12,19H,1H3/t12-/m0/s1. The van der Waals surface area contributed by atoms with Gasteiger partial charge in [-0.2, -0.15) is 0 Å². The third-order valence-electron chi connectivity index (χ3n) is 3.19. The van der Waals surface area contributed by atoms with Gasteiger partial charge in [-0.3, -0.25) is 4.98 Å². The van der Waals surface area contributed by atoms with E-state index < -0.39 is 6.10 Å². The van der Waals surface area contributed by atoms with Crippen LogP contribution in [-0.2, 0) is 0 Å². The zero-order valence-corrected chi connectivity index (χ0v) is 11.2. The van der Waals surface area contributed by atoms with E-state index in [0.29, 0.717) is 5.75 Å². The molecule has 0 aliphatic rings. The first-order chi connectivity index (χ1) is 9.75. The van der Waals surface area contributed by atoms with Crippen LogP contribution in [0.3, 0.4) is 0 Å². The predicted molar refractivity (Wildman–Crippen MR) is 78.9 cm³/mol. The largest absolute Gasteiger partial charge is 0.456 e. The van der Waals surface area contributed by atoms with Gasteiger partial charge in [0.25, 0.3) is 0 Å². The molecule has 20 heavy (non-hydrogen) atoms. The second-order valence-corrected chi connectivity index (χ2v) is 4.64. The molecule has 1 atom stereocenters. The Hall–Kier alpha value is -2.39. The molecular formula is C17H15NO2. The molecule has 3 rings (SSSR count). The van der Waals surface area contributed by atoms with Crippen LogP contribution in [-0.4, -0.2) is 10.1 Å². The Kier molecular flexibility index (Phi) is 3.35. The third kappa shape index (κ3) is 2.36. The van der Waals surface area contributed by atoms with Crippen molar-refractivity contribution in [3.05, 3.63) is 66.4 Å². The highest BCUT2D eigenvalue weighted by Crippen LogP contribution is 2.32. The molecule has 0 aliphatic carbocycles. The first-order valence-electron chi connectivity index (χ1n) is 6.54. The first kappa shape index (κ1) is 12.6. The fraction of sp³-hybridized carbons (Fsp3) is 0.118. The minimum absolute atomic E-state index is 0.570. The number of rotatable bonds is 3. The maximum absolute atomic E-state index is 9.80. The highest BCUT2D eigenvalue weighted by molar-refractivity contribution is 5.85. The summed E-state index contributed by atoms with van der Waals surface area (Å²) in [6.45, 7) is 1.73. The molecule has 3 heteroatoms. The van der Waals surface area contributed by atoms with Crippen LogP contribution in [0.2, 0.25) is 0 Å². The summed E-state index contributed by atoms with van der Waals surface area (Å²) in [5, 5.41) is 10.8. The van der Waals surface area contributed by atoms with Gasteiger partial charge >= 0.3 is 0 Å². The van der Waals surface area contributed by atoms with Gasteiger partial charge < -0.3 is 9.84 Å². The number of benzene rings is 2. The molecule has 100 valence electrons. The Bertz CT molecular complexity index is 732. The number of aliphatic hydroxyl groups is 1. The summed E-state index contributed by atoms with van der Waals surface area (Å²) in [4.78, 5) is 4.31. The van der Waals surface area contributed by atoms with Gasteiger partial charge in [0.2, 0.25) is 0 Å². The van der Waals surface area contributed by atoms with Gasteiger partial charge in [0, 0.05) is 17.1 Å². The first-order valence-corrected chi connectivity index (χ1v) is 6.54. The summed E-state index contributed by atoms with van der Waals surface area (Å²) in [6.07, 6.45) is 1.19. The lowest BCUT2D eigenvalue weighted by Gasteiger charge is -2.14. The van der Waals surface area contributed by atoms with Crippen molar-refractivity contribution in [2.75, 3.05) is 0 Å². The van der Waals surface area contributed by atoms with Crippen LogP contribution in [0.15, 0.2) is 60.8 Å². The molecule has 0 amide bonds. The molecule has 0 bridgehead atoms. The van der Waals surface area contributed by atoms with Crippen molar-refractivity contribution in [1.82, 2.24) is 4.98 Å². The smallest absolute Gasteiger partial charge is 0.136 e. The molecule has 0 spiro atoms. The van der Waals surface area contributed by atoms with Crippen LogP contribution in [0.25, 0.3) is 10.9 Å². The molecule has 1 aromatic heterocycles. The lowest BCUT2D eigenvalue weighted by molar-refractivity contribution is 0.195. The Morgan fingerprint density at radius 2 is 1.75 bits per heavy atom. The molecule has 0 aliphatic heterocycles. The molecule has 0 saturated carbocycles. The van der Waals surface area contributed by atoms with E-state index in [0.717, 1.165) is 22.2 Å². The average molecular weight is 265 g/mol. The van der Waals surface area contributed by atoms with Gasteiger partial charge in [0.1, 0.15) is 11.5 Å². The number of aromatic nitrogens is 1. The SMILES string of the molecule is C[C@H](O)c1ccccc1Oc1cccc2ncccc12. The van der Waals surface area contributed by atoms with E-state index in [1.807, 2.05) is 54.6 Å². The molecule has 2 aromatic carbocycles. The van der Waals surface area contributed by atoms with Gasteiger partial charge in [0.15, 0.2) is 0 Å². The van der Waals surface area contributed by atoms with E-state index in [1.165, 1.54) is 0 Å². The van der Waals surface area contributed by atoms with Crippen LogP contribution in [0.4, 0.5) is 0 Å². The number of fused-ring (bicyclic) bond motifs is 1. The summed E-state index contributed by atoms with van der Waals surface area (Å²) >= 11 is 0. The molecule has 0 fully saturated rings. The molecular weight excluding hydrogens is 250 g/mol. The molecule has 0 saturated heterocycles. The van der Waals surface area contributed by atoms with Gasteiger partial charge in [-0.05, 0) is 37.3 Å². The average Bonchev–Trinajstić information content (AvgIpc) is 2.48. The van der Waals surface area contributed by atoms with E-state index in [2.05, 4.69) is 4.98 Å². The minimum atomic E-state index is -0.570. The van der Waals surface area contributed by atoms with E-state index >= 15 is 0 Å². The Morgan fingerprint density at radius 1 is 0.950 bits per heavy atom. The predicted octanol–water partition coefficient (Wildman–Crippen LogP) is 4.08. The van der Waals surface area contributed by atoms with Gasteiger partial charge in [-0.15, -0.1) is 0 Å².